The van der Waals surface area contributed by atoms with Crippen molar-refractivity contribution in [2.24, 2.45) is 5.73 Å². The van der Waals surface area contributed by atoms with Crippen LogP contribution in [0.5, 0.6) is 0 Å². The van der Waals surface area contributed by atoms with Gasteiger partial charge in [-0.25, -0.2) is 4.79 Å². The lowest BCUT2D eigenvalue weighted by Gasteiger charge is -2.22. The highest BCUT2D eigenvalue weighted by Crippen LogP contribution is 2.14. The Morgan fingerprint density at radius 3 is 2.27 bits per heavy atom. The highest BCUT2D eigenvalue weighted by molar-refractivity contribution is 5.96. The van der Waals surface area contributed by atoms with Crippen molar-refractivity contribution in [3.05, 3.63) is 65.7 Å². The van der Waals surface area contributed by atoms with E-state index in [0.29, 0.717) is 11.3 Å². The molecule has 3 amide bonds. The average molecular weight is 355 g/mol. The van der Waals surface area contributed by atoms with Gasteiger partial charge in [-0.05, 0) is 36.8 Å². The Bertz CT molecular complexity index is 760. The number of nitrogens with zero attached hydrogens (tertiary/aromatic N) is 1. The number of benzene rings is 2. The largest absolute Gasteiger partial charge is 0.465 e. The van der Waals surface area contributed by atoms with Crippen molar-refractivity contribution < 1.29 is 19.1 Å². The normalized spacial score (nSPS) is 10.0. The fourth-order valence-corrected chi connectivity index (χ4v) is 2.39. The lowest BCUT2D eigenvalue weighted by Crippen LogP contribution is -2.36. The molecule has 0 aromatic heterocycles. The predicted octanol–water partition coefficient (Wildman–Crippen LogP) is 2.38. The number of carbonyl (C=O) groups excluding carboxylic acids is 3. The number of hydrogen-bond donors (Lipinski definition) is 2. The third-order valence-corrected chi connectivity index (χ3v) is 3.53. The minimum absolute atomic E-state index is 0.150. The molecule has 0 bridgehead atoms. The molecule has 0 saturated carbocycles. The summed E-state index contributed by atoms with van der Waals surface area (Å²) in [5, 5.41) is 2.43. The summed E-state index contributed by atoms with van der Waals surface area (Å²) < 4.78 is 4.96. The maximum atomic E-state index is 12.8. The second-order valence-corrected chi connectivity index (χ2v) is 5.52. The topological polar surface area (TPSA) is 102 Å². The molecule has 0 fully saturated rings. The monoisotopic (exact) mass is 355 g/mol. The van der Waals surface area contributed by atoms with Crippen LogP contribution in [0.15, 0.2) is 54.6 Å². The molecule has 2 aromatic carbocycles. The molecule has 136 valence electrons. The SMILES string of the molecule is CCOC(=O)CN(Cc1ccccc1)C(=O)c1ccc(NC(N)=O)cc1. The number of urea groups is 1. The van der Waals surface area contributed by atoms with E-state index in [-0.39, 0.29) is 25.6 Å². The van der Waals surface area contributed by atoms with Crippen molar-refractivity contribution >= 4 is 23.6 Å². The summed E-state index contributed by atoms with van der Waals surface area (Å²) in [6.45, 7) is 2.09. The van der Waals surface area contributed by atoms with Crippen LogP contribution in [0.2, 0.25) is 0 Å². The molecule has 0 unspecified atom stereocenters. The van der Waals surface area contributed by atoms with E-state index in [4.69, 9.17) is 10.5 Å². The van der Waals surface area contributed by atoms with E-state index in [9.17, 15) is 14.4 Å². The van der Waals surface area contributed by atoms with Crippen LogP contribution in [0.25, 0.3) is 0 Å². The Labute approximate surface area is 151 Å². The van der Waals surface area contributed by atoms with Gasteiger partial charge in [-0.1, -0.05) is 30.3 Å². The number of nitrogens with one attached hydrogen (secondary N) is 1. The maximum absolute atomic E-state index is 12.8. The first-order chi connectivity index (χ1) is 12.5. The van der Waals surface area contributed by atoms with E-state index in [1.807, 2.05) is 30.3 Å². The molecule has 26 heavy (non-hydrogen) atoms. The van der Waals surface area contributed by atoms with Crippen molar-refractivity contribution in [1.82, 2.24) is 4.90 Å². The number of ether oxygens (including phenoxy) is 1. The van der Waals surface area contributed by atoms with Crippen molar-refractivity contribution in [2.75, 3.05) is 18.5 Å². The summed E-state index contributed by atoms with van der Waals surface area (Å²) in [6.07, 6.45) is 0. The van der Waals surface area contributed by atoms with Crippen LogP contribution in [0.1, 0.15) is 22.8 Å². The Kier molecular flexibility index (Phi) is 6.73. The minimum Gasteiger partial charge on any atom is -0.465 e. The Morgan fingerprint density at radius 1 is 1.04 bits per heavy atom. The van der Waals surface area contributed by atoms with Gasteiger partial charge in [0.2, 0.25) is 0 Å². The molecule has 0 spiro atoms. The Hall–Kier alpha value is -3.35. The van der Waals surface area contributed by atoms with E-state index in [1.165, 1.54) is 4.90 Å². The van der Waals surface area contributed by atoms with Crippen molar-refractivity contribution in [1.29, 1.82) is 0 Å². The predicted molar refractivity (Wildman–Crippen MR) is 97.5 cm³/mol. The van der Waals surface area contributed by atoms with Gasteiger partial charge in [0.15, 0.2) is 0 Å². The standard InChI is InChI=1S/C19H21N3O4/c1-2-26-17(23)13-22(12-14-6-4-3-5-7-14)18(24)15-8-10-16(11-9-15)21-19(20)25/h3-11H,2,12-13H2,1H3,(H3,20,21,25). The van der Waals surface area contributed by atoms with E-state index in [0.717, 1.165) is 5.56 Å². The zero-order valence-corrected chi connectivity index (χ0v) is 14.5. The molecule has 0 radical (unpaired) electrons. The maximum Gasteiger partial charge on any atom is 0.325 e. The summed E-state index contributed by atoms with van der Waals surface area (Å²) in [5.74, 6) is -0.781. The first-order valence-electron chi connectivity index (χ1n) is 8.15. The van der Waals surface area contributed by atoms with Gasteiger partial charge < -0.3 is 20.7 Å². The summed E-state index contributed by atoms with van der Waals surface area (Å²) in [4.78, 5) is 37.0. The van der Waals surface area contributed by atoms with Crippen LogP contribution >= 0.6 is 0 Å². The van der Waals surface area contributed by atoms with Gasteiger partial charge in [0.1, 0.15) is 6.54 Å². The molecule has 7 heteroatoms. The van der Waals surface area contributed by atoms with E-state index in [2.05, 4.69) is 5.32 Å². The Morgan fingerprint density at radius 2 is 1.69 bits per heavy atom. The van der Waals surface area contributed by atoms with Gasteiger partial charge in [0.05, 0.1) is 6.61 Å². The van der Waals surface area contributed by atoms with Crippen LogP contribution in [0, 0.1) is 0 Å². The Balaban J connectivity index is 2.18. The van der Waals surface area contributed by atoms with Gasteiger partial charge in [-0.3, -0.25) is 9.59 Å². The number of carbonyl (C=O) groups is 3. The van der Waals surface area contributed by atoms with Crippen LogP contribution in [-0.4, -0.2) is 36.0 Å². The third-order valence-electron chi connectivity index (χ3n) is 3.53. The molecule has 3 N–H and O–H groups in total. The molecular weight excluding hydrogens is 334 g/mol. The summed E-state index contributed by atoms with van der Waals surface area (Å²) in [6, 6.07) is 15.0. The first kappa shape index (κ1) is 19.0. The molecule has 0 aliphatic heterocycles. The van der Waals surface area contributed by atoms with Crippen LogP contribution in [-0.2, 0) is 16.1 Å². The second kappa shape index (κ2) is 9.22. The molecule has 2 aromatic rings. The second-order valence-electron chi connectivity index (χ2n) is 5.52. The van der Waals surface area contributed by atoms with Gasteiger partial charge >= 0.3 is 12.0 Å². The highest BCUT2D eigenvalue weighted by atomic mass is 16.5. The molecule has 0 aliphatic rings. The molecule has 2 rings (SSSR count). The summed E-state index contributed by atoms with van der Waals surface area (Å²) in [7, 11) is 0. The smallest absolute Gasteiger partial charge is 0.325 e. The van der Waals surface area contributed by atoms with Crippen molar-refractivity contribution in [3.8, 4) is 0 Å². The molecule has 0 heterocycles. The lowest BCUT2D eigenvalue weighted by atomic mass is 10.1. The molecular formula is C19H21N3O4. The van der Waals surface area contributed by atoms with Gasteiger partial charge in [0.25, 0.3) is 5.91 Å². The molecule has 0 saturated heterocycles. The summed E-state index contributed by atoms with van der Waals surface area (Å²) >= 11 is 0. The molecule has 0 aliphatic carbocycles. The number of primary amides is 1. The van der Waals surface area contributed by atoms with Crippen molar-refractivity contribution in [3.63, 3.8) is 0 Å². The number of rotatable bonds is 7. The average Bonchev–Trinajstić information content (AvgIpc) is 2.62. The quantitative estimate of drug-likeness (QED) is 0.745. The van der Waals surface area contributed by atoms with Crippen LogP contribution in [0.4, 0.5) is 10.5 Å². The number of nitrogens with two attached hydrogens (primary N) is 1. The number of hydrogen-bond acceptors (Lipinski definition) is 4. The number of amides is 3. The fourth-order valence-electron chi connectivity index (χ4n) is 2.39. The zero-order chi connectivity index (χ0) is 18.9. The number of anilines is 1. The van der Waals surface area contributed by atoms with E-state index in [1.54, 1.807) is 31.2 Å². The zero-order valence-electron chi connectivity index (χ0n) is 14.5. The first-order valence-corrected chi connectivity index (χ1v) is 8.15. The summed E-state index contributed by atoms with van der Waals surface area (Å²) in [5.41, 5.74) is 6.83. The molecule has 0 atom stereocenters. The van der Waals surface area contributed by atoms with Gasteiger partial charge in [0, 0.05) is 17.8 Å². The van der Waals surface area contributed by atoms with Gasteiger partial charge in [-0.15, -0.1) is 0 Å². The van der Waals surface area contributed by atoms with Gasteiger partial charge in [-0.2, -0.15) is 0 Å². The van der Waals surface area contributed by atoms with Crippen molar-refractivity contribution in [2.45, 2.75) is 13.5 Å². The van der Waals surface area contributed by atoms with Crippen LogP contribution in [0.3, 0.4) is 0 Å². The highest BCUT2D eigenvalue weighted by Gasteiger charge is 2.20. The van der Waals surface area contributed by atoms with E-state index >= 15 is 0 Å². The number of esters is 1. The van der Waals surface area contributed by atoms with Crippen LogP contribution < -0.4 is 11.1 Å². The van der Waals surface area contributed by atoms with E-state index < -0.39 is 12.0 Å². The molecule has 7 nitrogen and oxygen atoms in total. The fraction of sp³-hybridized carbons (Fsp3) is 0.211. The third kappa shape index (κ3) is 5.62. The lowest BCUT2D eigenvalue weighted by molar-refractivity contribution is -0.143. The minimum atomic E-state index is -0.683.